The van der Waals surface area contributed by atoms with Crippen LogP contribution in [0.15, 0.2) is 30.5 Å². The van der Waals surface area contributed by atoms with Crippen LogP contribution in [0, 0.1) is 0 Å². The molecule has 0 aromatic heterocycles. The third-order valence-electron chi connectivity index (χ3n) is 3.77. The first-order chi connectivity index (χ1) is 14.4. The molecule has 2 rings (SSSR count). The summed E-state index contributed by atoms with van der Waals surface area (Å²) in [4.78, 5) is 32.3. The van der Waals surface area contributed by atoms with E-state index in [4.69, 9.17) is 4.79 Å². The second kappa shape index (κ2) is 18.2. The Bertz CT molecular complexity index is 642. The molecule has 8 nitrogen and oxygen atoms in total. The number of hydrogen-bond donors (Lipinski definition) is 3. The lowest BCUT2D eigenvalue weighted by Gasteiger charge is -2.18. The molecule has 170 valence electrons. The molecule has 0 aliphatic carbocycles. The Morgan fingerprint density at radius 1 is 1.17 bits per heavy atom. The topological polar surface area (TPSA) is 99.8 Å². The molecule has 0 unspecified atom stereocenters. The minimum absolute atomic E-state index is 0.0880. The van der Waals surface area contributed by atoms with Gasteiger partial charge in [-0.25, -0.2) is 0 Å². The first-order valence-corrected chi connectivity index (χ1v) is 10.0. The van der Waals surface area contributed by atoms with Gasteiger partial charge in [-0.15, -0.1) is 0 Å². The number of ether oxygens (including phenoxy) is 1. The van der Waals surface area contributed by atoms with Gasteiger partial charge in [-0.2, -0.15) is 0 Å². The van der Waals surface area contributed by atoms with E-state index in [1.807, 2.05) is 57.7 Å². The lowest BCUT2D eigenvalue weighted by Crippen LogP contribution is -2.36. The van der Waals surface area contributed by atoms with E-state index in [-0.39, 0.29) is 11.9 Å². The van der Waals surface area contributed by atoms with Crippen LogP contribution in [0.4, 0.5) is 11.4 Å². The monoisotopic (exact) mass is 422 g/mol. The lowest BCUT2D eigenvalue weighted by molar-refractivity contribution is -0.141. The van der Waals surface area contributed by atoms with Crippen LogP contribution in [0.1, 0.15) is 33.3 Å². The molecule has 8 heteroatoms. The van der Waals surface area contributed by atoms with Gasteiger partial charge in [-0.3, -0.25) is 9.59 Å². The number of benzene rings is 1. The van der Waals surface area contributed by atoms with E-state index in [2.05, 4.69) is 27.3 Å². The average molecular weight is 423 g/mol. The molecule has 0 fully saturated rings. The molecule has 0 spiro atoms. The van der Waals surface area contributed by atoms with Crippen molar-refractivity contribution < 1.29 is 19.1 Å². The highest BCUT2D eigenvalue weighted by Crippen LogP contribution is 2.33. The molecular weight excluding hydrogens is 384 g/mol. The molecule has 1 aromatic rings. The normalized spacial score (nSPS) is 10.5. The molecule has 0 radical (unpaired) electrons. The Balaban J connectivity index is 0. The number of allylic oxidation sites excluding steroid dienone is 1. The number of rotatable bonds is 7. The third-order valence-corrected chi connectivity index (χ3v) is 3.77. The molecule has 1 aliphatic heterocycles. The van der Waals surface area contributed by atoms with Crippen molar-refractivity contribution in [1.29, 1.82) is 0 Å². The minimum atomic E-state index is -0.199. The number of fused-ring (bicyclic) bond motifs is 1. The van der Waals surface area contributed by atoms with Gasteiger partial charge in [0, 0.05) is 36.2 Å². The maximum absolute atomic E-state index is 12.1. The number of carbonyl (C=O) groups excluding carboxylic acids is 3. The van der Waals surface area contributed by atoms with Crippen molar-refractivity contribution in [3.63, 3.8) is 0 Å². The van der Waals surface area contributed by atoms with Gasteiger partial charge >= 0.3 is 5.97 Å². The van der Waals surface area contributed by atoms with Gasteiger partial charge in [0.1, 0.15) is 6.79 Å². The van der Waals surface area contributed by atoms with Crippen molar-refractivity contribution in [3.8, 4) is 0 Å². The number of hydrogen-bond acceptors (Lipinski definition) is 7. The van der Waals surface area contributed by atoms with E-state index in [1.54, 1.807) is 14.0 Å². The molecular formula is C22H38N4O4. The summed E-state index contributed by atoms with van der Waals surface area (Å²) >= 11 is 0. The van der Waals surface area contributed by atoms with Crippen molar-refractivity contribution in [2.75, 3.05) is 50.6 Å². The van der Waals surface area contributed by atoms with E-state index < -0.39 is 0 Å². The summed E-state index contributed by atoms with van der Waals surface area (Å²) in [5.74, 6) is -0.111. The van der Waals surface area contributed by atoms with Crippen LogP contribution >= 0.6 is 0 Å². The molecule has 1 amide bonds. The predicted molar refractivity (Wildman–Crippen MR) is 124 cm³/mol. The highest BCUT2D eigenvalue weighted by Gasteiger charge is 2.25. The van der Waals surface area contributed by atoms with Crippen LogP contribution in [-0.2, 0) is 25.5 Å². The number of amides is 1. The smallest absolute Gasteiger partial charge is 0.319 e. The van der Waals surface area contributed by atoms with Gasteiger partial charge < -0.3 is 30.4 Å². The third kappa shape index (κ3) is 10.6. The molecule has 0 saturated carbocycles. The van der Waals surface area contributed by atoms with Crippen molar-refractivity contribution in [2.45, 2.75) is 34.1 Å². The highest BCUT2D eigenvalue weighted by atomic mass is 16.5. The van der Waals surface area contributed by atoms with Gasteiger partial charge in [-0.05, 0) is 39.4 Å². The standard InChI is InChI=1S/C14H19N3O.C5H11NO2.C2H6.CH2O/c1-10(2)16-9-14(18)17-8-7-11-12(15-3)5-4-6-13(11)17;1-3-8-5(7)4-6-2;2*1-2/h4-6,15-16H,1,7-9H2,2-3H3;6H,3-4H2,1-2H3;1-2H3;1H2. The van der Waals surface area contributed by atoms with Crippen LogP contribution in [-0.4, -0.2) is 59.0 Å². The lowest BCUT2D eigenvalue weighted by atomic mass is 10.1. The first-order valence-electron chi connectivity index (χ1n) is 10.0. The SMILES string of the molecule is C=C(C)NCC(=O)N1CCc2c(NC)cccc21.C=O.CC.CCOC(=O)CNC. The summed E-state index contributed by atoms with van der Waals surface area (Å²) in [5, 5.41) is 8.83. The van der Waals surface area contributed by atoms with E-state index in [0.717, 1.165) is 30.0 Å². The first kappa shape index (κ1) is 29.3. The van der Waals surface area contributed by atoms with Crippen LogP contribution in [0.5, 0.6) is 0 Å². The van der Waals surface area contributed by atoms with Crippen molar-refractivity contribution >= 4 is 30.0 Å². The van der Waals surface area contributed by atoms with Gasteiger partial charge in [0.15, 0.2) is 0 Å². The number of likely N-dealkylation sites (N-methyl/N-ethyl adjacent to an activating group) is 1. The molecule has 1 aliphatic rings. The number of nitrogens with one attached hydrogen (secondary N) is 3. The Kier molecular flexibility index (Phi) is 17.8. The fraction of sp³-hybridized carbons (Fsp3) is 0.500. The summed E-state index contributed by atoms with van der Waals surface area (Å²) in [7, 11) is 3.61. The van der Waals surface area contributed by atoms with Crippen LogP contribution in [0.3, 0.4) is 0 Å². The summed E-state index contributed by atoms with van der Waals surface area (Å²) in [6.45, 7) is 15.2. The Morgan fingerprint density at radius 3 is 2.30 bits per heavy atom. The second-order valence-corrected chi connectivity index (χ2v) is 5.82. The van der Waals surface area contributed by atoms with Crippen molar-refractivity contribution in [2.24, 2.45) is 0 Å². The van der Waals surface area contributed by atoms with Gasteiger partial charge in [-0.1, -0.05) is 26.5 Å². The highest BCUT2D eigenvalue weighted by molar-refractivity contribution is 5.97. The number of nitrogens with zero attached hydrogens (tertiary/aromatic N) is 1. The fourth-order valence-electron chi connectivity index (χ4n) is 2.61. The zero-order valence-electron chi connectivity index (χ0n) is 19.3. The summed E-state index contributed by atoms with van der Waals surface area (Å²) in [6, 6.07) is 6.02. The molecule has 3 N–H and O–H groups in total. The fourth-order valence-corrected chi connectivity index (χ4v) is 2.61. The summed E-state index contributed by atoms with van der Waals surface area (Å²) in [6.07, 6.45) is 0.908. The Morgan fingerprint density at radius 2 is 1.80 bits per heavy atom. The number of anilines is 2. The quantitative estimate of drug-likeness (QED) is 0.580. The van der Waals surface area contributed by atoms with Crippen LogP contribution in [0.25, 0.3) is 0 Å². The Labute approximate surface area is 181 Å². The van der Waals surface area contributed by atoms with Crippen LogP contribution < -0.4 is 20.9 Å². The summed E-state index contributed by atoms with van der Waals surface area (Å²) < 4.78 is 4.58. The number of carbonyl (C=O) groups is 3. The van der Waals surface area contributed by atoms with E-state index in [1.165, 1.54) is 5.56 Å². The zero-order chi connectivity index (χ0) is 23.5. The largest absolute Gasteiger partial charge is 0.465 e. The molecule has 0 bridgehead atoms. The molecule has 0 atom stereocenters. The van der Waals surface area contributed by atoms with E-state index >= 15 is 0 Å². The van der Waals surface area contributed by atoms with Crippen LogP contribution in [0.2, 0.25) is 0 Å². The zero-order valence-corrected chi connectivity index (χ0v) is 19.3. The van der Waals surface area contributed by atoms with E-state index in [9.17, 15) is 9.59 Å². The van der Waals surface area contributed by atoms with E-state index in [0.29, 0.717) is 19.7 Å². The minimum Gasteiger partial charge on any atom is -0.465 e. The summed E-state index contributed by atoms with van der Waals surface area (Å²) in [5.41, 5.74) is 4.17. The maximum atomic E-state index is 12.1. The second-order valence-electron chi connectivity index (χ2n) is 5.82. The average Bonchev–Trinajstić information content (AvgIpc) is 3.20. The van der Waals surface area contributed by atoms with Crippen molar-refractivity contribution in [1.82, 2.24) is 10.6 Å². The molecule has 30 heavy (non-hydrogen) atoms. The molecule has 1 aromatic carbocycles. The van der Waals surface area contributed by atoms with Gasteiger partial charge in [0.05, 0.1) is 19.7 Å². The molecule has 1 heterocycles. The Hall–Kier alpha value is -2.87. The predicted octanol–water partition coefficient (Wildman–Crippen LogP) is 2.35. The van der Waals surface area contributed by atoms with Crippen molar-refractivity contribution in [3.05, 3.63) is 36.0 Å². The number of esters is 1. The molecule has 0 saturated heterocycles. The maximum Gasteiger partial charge on any atom is 0.319 e. The van der Waals surface area contributed by atoms with Gasteiger partial charge in [0.2, 0.25) is 5.91 Å². The van der Waals surface area contributed by atoms with Gasteiger partial charge in [0.25, 0.3) is 0 Å².